The molecule has 1 fully saturated rings. The highest BCUT2D eigenvalue weighted by Gasteiger charge is 2.33. The van der Waals surface area contributed by atoms with Gasteiger partial charge in [0.2, 0.25) is 15.9 Å². The van der Waals surface area contributed by atoms with E-state index in [0.29, 0.717) is 30.0 Å². The molecule has 1 aliphatic heterocycles. The Bertz CT molecular complexity index is 1050. The summed E-state index contributed by atoms with van der Waals surface area (Å²) in [6, 6.07) is 13.2. The van der Waals surface area contributed by atoms with Crippen LogP contribution in [0.3, 0.4) is 0 Å². The van der Waals surface area contributed by atoms with Gasteiger partial charge in [-0.25, -0.2) is 12.7 Å². The summed E-state index contributed by atoms with van der Waals surface area (Å²) in [6.45, 7) is 2.69. The molecular weight excluding hydrogens is 432 g/mol. The molecule has 0 saturated carbocycles. The zero-order chi connectivity index (χ0) is 22.0. The van der Waals surface area contributed by atoms with E-state index >= 15 is 0 Å². The Morgan fingerprint density at radius 1 is 1.13 bits per heavy atom. The standard InChI is InChI=1S/C24H29ClN2O3S/c1-17(20-10-9-19-4-2-5-21(19)14-20)26-24(28)22-6-3-13-27(15-22)31(29,30)16-18-7-11-23(25)12-8-18/h7-12,14,17,22H,2-6,13,15-16H2,1H3,(H,26,28)/t17-,22-/m1/s1. The second kappa shape index (κ2) is 9.31. The molecule has 1 saturated heterocycles. The van der Waals surface area contributed by atoms with Crippen LogP contribution < -0.4 is 5.32 Å². The van der Waals surface area contributed by atoms with Crippen molar-refractivity contribution in [3.8, 4) is 0 Å². The zero-order valence-corrected chi connectivity index (χ0v) is 19.4. The number of rotatable bonds is 6. The topological polar surface area (TPSA) is 66.5 Å². The Morgan fingerprint density at radius 3 is 2.65 bits per heavy atom. The SMILES string of the molecule is C[C@@H](NC(=O)[C@@H]1CCCN(S(=O)(=O)Cc2ccc(Cl)cc2)C1)c1ccc2c(c1)CCC2. The lowest BCUT2D eigenvalue weighted by Crippen LogP contribution is -2.46. The maximum Gasteiger partial charge on any atom is 0.224 e. The van der Waals surface area contributed by atoms with Gasteiger partial charge < -0.3 is 5.32 Å². The van der Waals surface area contributed by atoms with E-state index in [-0.39, 0.29) is 30.2 Å². The summed E-state index contributed by atoms with van der Waals surface area (Å²) in [6.07, 6.45) is 4.83. The molecule has 2 aliphatic rings. The van der Waals surface area contributed by atoms with E-state index < -0.39 is 10.0 Å². The monoisotopic (exact) mass is 460 g/mol. The van der Waals surface area contributed by atoms with Gasteiger partial charge in [-0.3, -0.25) is 4.79 Å². The van der Waals surface area contributed by atoms with Gasteiger partial charge in [-0.2, -0.15) is 0 Å². The van der Waals surface area contributed by atoms with Crippen molar-refractivity contribution in [3.63, 3.8) is 0 Å². The van der Waals surface area contributed by atoms with Crippen molar-refractivity contribution in [2.45, 2.75) is 50.8 Å². The van der Waals surface area contributed by atoms with Crippen LogP contribution >= 0.6 is 11.6 Å². The van der Waals surface area contributed by atoms with Crippen molar-refractivity contribution in [1.29, 1.82) is 0 Å². The van der Waals surface area contributed by atoms with Crippen molar-refractivity contribution >= 4 is 27.5 Å². The third-order valence-corrected chi connectivity index (χ3v) is 8.46. The maximum absolute atomic E-state index is 12.9. The molecule has 4 rings (SSSR count). The molecule has 0 bridgehead atoms. The number of carbonyl (C=O) groups excluding carboxylic acids is 1. The highest BCUT2D eigenvalue weighted by Crippen LogP contribution is 2.27. The van der Waals surface area contributed by atoms with E-state index in [1.807, 2.05) is 6.92 Å². The summed E-state index contributed by atoms with van der Waals surface area (Å²) in [5.41, 5.74) is 4.60. The molecule has 166 valence electrons. The molecule has 0 radical (unpaired) electrons. The number of aryl methyl sites for hydroxylation is 2. The van der Waals surface area contributed by atoms with Crippen molar-refractivity contribution < 1.29 is 13.2 Å². The predicted molar refractivity (Wildman–Crippen MR) is 123 cm³/mol. The first-order chi connectivity index (χ1) is 14.8. The van der Waals surface area contributed by atoms with Crippen LogP contribution in [0.15, 0.2) is 42.5 Å². The second-order valence-electron chi connectivity index (χ2n) is 8.69. The fourth-order valence-electron chi connectivity index (χ4n) is 4.57. The summed E-state index contributed by atoms with van der Waals surface area (Å²) in [7, 11) is -3.49. The minimum absolute atomic E-state index is 0.0700. The number of benzene rings is 2. The largest absolute Gasteiger partial charge is 0.349 e. The van der Waals surface area contributed by atoms with Gasteiger partial charge in [0.1, 0.15) is 0 Å². The smallest absolute Gasteiger partial charge is 0.224 e. The van der Waals surface area contributed by atoms with Crippen molar-refractivity contribution in [2.75, 3.05) is 13.1 Å². The number of nitrogens with zero attached hydrogens (tertiary/aromatic N) is 1. The first kappa shape index (κ1) is 22.3. The third kappa shape index (κ3) is 5.30. The highest BCUT2D eigenvalue weighted by molar-refractivity contribution is 7.88. The summed E-state index contributed by atoms with van der Waals surface area (Å²) >= 11 is 5.89. The summed E-state index contributed by atoms with van der Waals surface area (Å²) in [4.78, 5) is 12.9. The molecule has 1 N–H and O–H groups in total. The molecule has 7 heteroatoms. The van der Waals surface area contributed by atoms with E-state index in [9.17, 15) is 13.2 Å². The van der Waals surface area contributed by atoms with Crippen molar-refractivity contribution in [2.24, 2.45) is 5.92 Å². The maximum atomic E-state index is 12.9. The van der Waals surface area contributed by atoms with Crippen LogP contribution in [0.1, 0.15) is 54.5 Å². The Kier molecular flexibility index (Phi) is 6.70. The zero-order valence-electron chi connectivity index (χ0n) is 17.8. The molecule has 2 aromatic carbocycles. The predicted octanol–water partition coefficient (Wildman–Crippen LogP) is 4.25. The molecule has 31 heavy (non-hydrogen) atoms. The van der Waals surface area contributed by atoms with Crippen LogP contribution in [0.4, 0.5) is 0 Å². The number of carbonyl (C=O) groups is 1. The van der Waals surface area contributed by atoms with Crippen LogP contribution in [0.5, 0.6) is 0 Å². The Morgan fingerprint density at radius 2 is 1.87 bits per heavy atom. The average molecular weight is 461 g/mol. The molecule has 0 unspecified atom stereocenters. The number of amides is 1. The van der Waals surface area contributed by atoms with Gasteiger partial charge in [-0.05, 0) is 73.4 Å². The lowest BCUT2D eigenvalue weighted by Gasteiger charge is -2.32. The average Bonchev–Trinajstić information content (AvgIpc) is 3.23. The summed E-state index contributed by atoms with van der Waals surface area (Å²) < 4.78 is 27.3. The third-order valence-electron chi connectivity index (χ3n) is 6.39. The van der Waals surface area contributed by atoms with Crippen LogP contribution in [0.25, 0.3) is 0 Å². The lowest BCUT2D eigenvalue weighted by atomic mass is 9.97. The van der Waals surface area contributed by atoms with Gasteiger partial charge in [-0.1, -0.05) is 41.9 Å². The van der Waals surface area contributed by atoms with Crippen molar-refractivity contribution in [1.82, 2.24) is 9.62 Å². The van der Waals surface area contributed by atoms with Gasteiger partial charge in [0.15, 0.2) is 0 Å². The van der Waals surface area contributed by atoms with Gasteiger partial charge in [0, 0.05) is 18.1 Å². The molecular formula is C24H29ClN2O3S. The van der Waals surface area contributed by atoms with Gasteiger partial charge >= 0.3 is 0 Å². The Labute approximate surface area is 189 Å². The summed E-state index contributed by atoms with van der Waals surface area (Å²) in [5.74, 6) is -0.477. The molecule has 0 spiro atoms. The fraction of sp³-hybridized carbons (Fsp3) is 0.458. The van der Waals surface area contributed by atoms with Gasteiger partial charge in [0.05, 0.1) is 17.7 Å². The first-order valence-electron chi connectivity index (χ1n) is 11.0. The number of fused-ring (bicyclic) bond motifs is 1. The number of hydrogen-bond donors (Lipinski definition) is 1. The molecule has 1 amide bonds. The Hall–Kier alpha value is -1.89. The fourth-order valence-corrected chi connectivity index (χ4v) is 6.30. The van der Waals surface area contributed by atoms with Gasteiger partial charge in [-0.15, -0.1) is 0 Å². The number of nitrogens with one attached hydrogen (secondary N) is 1. The highest BCUT2D eigenvalue weighted by atomic mass is 35.5. The van der Waals surface area contributed by atoms with E-state index in [2.05, 4.69) is 23.5 Å². The first-order valence-corrected chi connectivity index (χ1v) is 12.9. The Balaban J connectivity index is 1.38. The number of hydrogen-bond acceptors (Lipinski definition) is 3. The van der Waals surface area contributed by atoms with E-state index in [4.69, 9.17) is 11.6 Å². The number of sulfonamides is 1. The second-order valence-corrected chi connectivity index (χ2v) is 11.1. The minimum atomic E-state index is -3.49. The van der Waals surface area contributed by atoms with Crippen LogP contribution in [-0.4, -0.2) is 31.7 Å². The number of piperidine rings is 1. The van der Waals surface area contributed by atoms with Gasteiger partial charge in [0.25, 0.3) is 0 Å². The molecule has 0 aromatic heterocycles. The molecule has 2 aromatic rings. The van der Waals surface area contributed by atoms with Crippen LogP contribution in [-0.2, 0) is 33.4 Å². The van der Waals surface area contributed by atoms with Crippen LogP contribution in [0, 0.1) is 5.92 Å². The normalized spacial score (nSPS) is 20.3. The molecule has 1 heterocycles. The quantitative estimate of drug-likeness (QED) is 0.700. The molecule has 1 aliphatic carbocycles. The molecule has 5 nitrogen and oxygen atoms in total. The van der Waals surface area contributed by atoms with E-state index in [1.165, 1.54) is 21.9 Å². The summed E-state index contributed by atoms with van der Waals surface area (Å²) in [5, 5.41) is 3.69. The minimum Gasteiger partial charge on any atom is -0.349 e. The van der Waals surface area contributed by atoms with E-state index in [0.717, 1.165) is 18.4 Å². The number of halogens is 1. The molecule has 2 atom stereocenters. The van der Waals surface area contributed by atoms with Crippen LogP contribution in [0.2, 0.25) is 5.02 Å². The lowest BCUT2D eigenvalue weighted by molar-refractivity contribution is -0.126. The van der Waals surface area contributed by atoms with E-state index in [1.54, 1.807) is 24.3 Å². The van der Waals surface area contributed by atoms with Crippen molar-refractivity contribution in [3.05, 3.63) is 69.7 Å².